The fourth-order valence-electron chi connectivity index (χ4n) is 4.81. The number of hydrogen-bond acceptors (Lipinski definition) is 6. The molecule has 9 heteroatoms. The molecule has 0 unspecified atom stereocenters. The predicted octanol–water partition coefficient (Wildman–Crippen LogP) is 5.45. The zero-order valence-electron chi connectivity index (χ0n) is 21.4. The molecule has 1 amide bonds. The Kier molecular flexibility index (Phi) is 6.73. The zero-order valence-corrected chi connectivity index (χ0v) is 21.4. The highest BCUT2D eigenvalue weighted by Crippen LogP contribution is 2.30. The van der Waals surface area contributed by atoms with E-state index in [1.165, 1.54) is 19.1 Å². The van der Waals surface area contributed by atoms with Crippen molar-refractivity contribution >= 4 is 34.1 Å². The van der Waals surface area contributed by atoms with Crippen molar-refractivity contribution in [2.75, 3.05) is 23.8 Å². The van der Waals surface area contributed by atoms with Crippen LogP contribution in [0.1, 0.15) is 19.8 Å². The summed E-state index contributed by atoms with van der Waals surface area (Å²) in [6, 6.07) is 22.1. The standard InChI is InChI=1S/C30H27FN6O2/c1-19(38)33-30-11-8-22(18-32-30)35-25-16-27-29(17-26(25)34-21-12-14-39-15-13-21)37(23-9-6-20(31)7-10-23)28-5-3-2-4-24(28)36-27/h2-11,16-18,21,35H,12-15H2,1H3,(H,32,33,38). The van der Waals surface area contributed by atoms with Gasteiger partial charge in [0.05, 0.1) is 51.4 Å². The van der Waals surface area contributed by atoms with Crippen molar-refractivity contribution in [3.63, 3.8) is 0 Å². The Labute approximate surface area is 224 Å². The second-order valence-corrected chi connectivity index (χ2v) is 9.48. The number of para-hydroxylation sites is 2. The summed E-state index contributed by atoms with van der Waals surface area (Å²) in [5.74, 6) is 0.0111. The number of nitrogens with one attached hydrogen (secondary N) is 2. The van der Waals surface area contributed by atoms with Gasteiger partial charge in [-0.2, -0.15) is 0 Å². The van der Waals surface area contributed by atoms with Gasteiger partial charge in [0.25, 0.3) is 0 Å². The molecule has 2 aromatic carbocycles. The molecule has 0 saturated carbocycles. The number of rotatable bonds is 5. The van der Waals surface area contributed by atoms with E-state index in [9.17, 15) is 9.18 Å². The monoisotopic (exact) mass is 522 g/mol. The number of carbonyl (C=O) groups is 1. The van der Waals surface area contributed by atoms with Gasteiger partial charge in [-0.05, 0) is 73.5 Å². The molecule has 1 saturated heterocycles. The van der Waals surface area contributed by atoms with Gasteiger partial charge in [-0.25, -0.2) is 14.4 Å². The van der Waals surface area contributed by atoms with Crippen molar-refractivity contribution in [3.05, 3.63) is 90.2 Å². The summed E-state index contributed by atoms with van der Waals surface area (Å²) in [5.41, 5.74) is 5.71. The number of pyridine rings is 1. The number of nitrogens with zero attached hydrogens (tertiary/aromatic N) is 4. The van der Waals surface area contributed by atoms with E-state index in [0.29, 0.717) is 19.0 Å². The van der Waals surface area contributed by atoms with E-state index >= 15 is 0 Å². The van der Waals surface area contributed by atoms with Crippen LogP contribution in [0.2, 0.25) is 0 Å². The molecule has 1 fully saturated rings. The number of amides is 1. The molecule has 3 aromatic rings. The summed E-state index contributed by atoms with van der Waals surface area (Å²) in [6.45, 7) is 2.81. The molecule has 8 nitrogen and oxygen atoms in total. The second kappa shape index (κ2) is 10.6. The van der Waals surface area contributed by atoms with Gasteiger partial charge < -0.3 is 19.9 Å². The molecule has 2 aliphatic heterocycles. The van der Waals surface area contributed by atoms with Gasteiger partial charge in [0.2, 0.25) is 5.91 Å². The molecule has 3 aliphatic rings. The highest BCUT2D eigenvalue weighted by Gasteiger charge is 2.18. The minimum absolute atomic E-state index is 0.129. The van der Waals surface area contributed by atoms with Crippen molar-refractivity contribution < 1.29 is 13.9 Å². The van der Waals surface area contributed by atoms with E-state index in [1.54, 1.807) is 24.4 Å². The van der Waals surface area contributed by atoms with Crippen molar-refractivity contribution in [1.29, 1.82) is 0 Å². The topological polar surface area (TPSA) is 93.4 Å². The smallest absolute Gasteiger partial charge is 0.222 e. The van der Waals surface area contributed by atoms with Crippen LogP contribution in [0.5, 0.6) is 0 Å². The molecule has 0 radical (unpaired) electrons. The Morgan fingerprint density at radius 2 is 1.85 bits per heavy atom. The van der Waals surface area contributed by atoms with Gasteiger partial charge in [-0.1, -0.05) is 12.1 Å². The Morgan fingerprint density at radius 1 is 1.05 bits per heavy atom. The van der Waals surface area contributed by atoms with Crippen LogP contribution in [-0.2, 0) is 9.53 Å². The van der Waals surface area contributed by atoms with Gasteiger partial charge in [0.1, 0.15) is 11.6 Å². The van der Waals surface area contributed by atoms with Crippen LogP contribution in [0.4, 0.5) is 21.6 Å². The Bertz CT molecular complexity index is 1680. The van der Waals surface area contributed by atoms with Crippen LogP contribution in [0.15, 0.2) is 84.0 Å². The largest absolute Gasteiger partial charge is 0.381 e. The van der Waals surface area contributed by atoms with Crippen LogP contribution in [-0.4, -0.2) is 39.7 Å². The number of carbonyl (C=O) groups excluding carboxylic acids is 1. The lowest BCUT2D eigenvalue weighted by atomic mass is 10.1. The second-order valence-electron chi connectivity index (χ2n) is 9.48. The van der Waals surface area contributed by atoms with Crippen molar-refractivity contribution in [3.8, 4) is 17.1 Å². The molecule has 39 heavy (non-hydrogen) atoms. The molecular formula is C30H27FN6O2. The summed E-state index contributed by atoms with van der Waals surface area (Å²) >= 11 is 0. The van der Waals surface area contributed by atoms with E-state index < -0.39 is 0 Å². The summed E-state index contributed by atoms with van der Waals surface area (Å²) < 4.78 is 21.5. The first-order valence-electron chi connectivity index (χ1n) is 12.9. The quantitative estimate of drug-likeness (QED) is 0.300. The molecule has 0 atom stereocenters. The average Bonchev–Trinajstić information content (AvgIpc) is 2.94. The first kappa shape index (κ1) is 24.7. The lowest BCUT2D eigenvalue weighted by molar-refractivity contribution is -0.114. The third kappa shape index (κ3) is 5.35. The highest BCUT2D eigenvalue weighted by molar-refractivity contribution is 5.88. The molecule has 1 aliphatic carbocycles. The maximum absolute atomic E-state index is 13.8. The Balaban J connectivity index is 1.54. The molecule has 196 valence electrons. The predicted molar refractivity (Wildman–Crippen MR) is 149 cm³/mol. The van der Waals surface area contributed by atoms with E-state index in [1.807, 2.05) is 42.5 Å². The SMILES string of the molecule is CC(=O)Nc1ccc(Nc2cc3nc4ccccc4n(-c4ccc(F)cc4)c-3cc2=NC2CCOCC2)cn1. The number of hydrogen-bond donors (Lipinski definition) is 2. The van der Waals surface area contributed by atoms with E-state index in [0.717, 1.165) is 57.7 Å². The number of halogens is 1. The number of aromatic nitrogens is 3. The normalized spacial score (nSPS) is 14.6. The first-order valence-corrected chi connectivity index (χ1v) is 12.9. The molecule has 0 bridgehead atoms. The van der Waals surface area contributed by atoms with Crippen molar-refractivity contribution in [2.45, 2.75) is 25.8 Å². The lowest BCUT2D eigenvalue weighted by Gasteiger charge is -2.22. The Hall–Kier alpha value is -4.63. The zero-order chi connectivity index (χ0) is 26.8. The van der Waals surface area contributed by atoms with Crippen molar-refractivity contribution in [2.24, 2.45) is 4.99 Å². The van der Waals surface area contributed by atoms with Crippen LogP contribution >= 0.6 is 0 Å². The maximum atomic E-state index is 13.8. The molecule has 1 aromatic heterocycles. The molecule has 2 N–H and O–H groups in total. The highest BCUT2D eigenvalue weighted by atomic mass is 19.1. The Morgan fingerprint density at radius 3 is 2.59 bits per heavy atom. The van der Waals surface area contributed by atoms with Crippen LogP contribution in [0.3, 0.4) is 0 Å². The van der Waals surface area contributed by atoms with Gasteiger partial charge in [0.15, 0.2) is 0 Å². The fraction of sp³-hybridized carbons (Fsp3) is 0.200. The number of anilines is 3. The third-order valence-electron chi connectivity index (χ3n) is 6.64. The maximum Gasteiger partial charge on any atom is 0.222 e. The minimum atomic E-state index is -0.290. The number of fused-ring (bicyclic) bond motifs is 2. The van der Waals surface area contributed by atoms with Crippen LogP contribution in [0, 0.1) is 5.82 Å². The van der Waals surface area contributed by atoms with Crippen LogP contribution in [0.25, 0.3) is 28.1 Å². The van der Waals surface area contributed by atoms with E-state index in [-0.39, 0.29) is 17.8 Å². The molecule has 0 spiro atoms. The summed E-state index contributed by atoms with van der Waals surface area (Å²) in [5, 5.41) is 6.92. The molecule has 3 heterocycles. The van der Waals surface area contributed by atoms with Crippen molar-refractivity contribution in [1.82, 2.24) is 14.5 Å². The lowest BCUT2D eigenvalue weighted by Crippen LogP contribution is -2.23. The van der Waals surface area contributed by atoms with Gasteiger partial charge in [0, 0.05) is 25.8 Å². The van der Waals surface area contributed by atoms with Gasteiger partial charge in [-0.15, -0.1) is 0 Å². The molecular weight excluding hydrogens is 495 g/mol. The summed E-state index contributed by atoms with van der Waals surface area (Å²) in [4.78, 5) is 25.8. The fourth-order valence-corrected chi connectivity index (χ4v) is 4.81. The number of benzene rings is 3. The first-order chi connectivity index (χ1) is 19.0. The third-order valence-corrected chi connectivity index (χ3v) is 6.64. The minimum Gasteiger partial charge on any atom is -0.381 e. The molecule has 6 rings (SSSR count). The van der Waals surface area contributed by atoms with Gasteiger partial charge in [-0.3, -0.25) is 9.79 Å². The summed E-state index contributed by atoms with van der Waals surface area (Å²) in [6.07, 6.45) is 3.36. The van der Waals surface area contributed by atoms with Gasteiger partial charge >= 0.3 is 0 Å². The van der Waals surface area contributed by atoms with Crippen LogP contribution < -0.4 is 16.0 Å². The number of ether oxygens (including phenoxy) is 1. The average molecular weight is 523 g/mol. The van der Waals surface area contributed by atoms with E-state index in [4.69, 9.17) is 14.7 Å². The summed E-state index contributed by atoms with van der Waals surface area (Å²) in [7, 11) is 0. The van der Waals surface area contributed by atoms with E-state index in [2.05, 4.69) is 20.2 Å².